The maximum atomic E-state index is 5.51. The van der Waals surface area contributed by atoms with E-state index in [9.17, 15) is 0 Å². The number of nitrogens with one attached hydrogen (secondary N) is 1. The van der Waals surface area contributed by atoms with Gasteiger partial charge in [0.1, 0.15) is 0 Å². The van der Waals surface area contributed by atoms with Crippen molar-refractivity contribution in [2.75, 3.05) is 13.2 Å². The normalized spacial score (nSPS) is 11.1. The minimum atomic E-state index is 0.705. The Bertz CT molecular complexity index is 292. The second kappa shape index (κ2) is 8.26. The first-order valence-corrected chi connectivity index (χ1v) is 6.58. The highest BCUT2D eigenvalue weighted by molar-refractivity contribution is 5.21. The molecule has 1 aromatic carbocycles. The maximum absolute atomic E-state index is 5.51. The highest BCUT2D eigenvalue weighted by Crippen LogP contribution is 2.06. The van der Waals surface area contributed by atoms with E-state index in [0.29, 0.717) is 5.92 Å². The summed E-state index contributed by atoms with van der Waals surface area (Å²) in [5.41, 5.74) is 2.59. The second-order valence-corrected chi connectivity index (χ2v) is 4.89. The molecule has 1 rings (SSSR count). The van der Waals surface area contributed by atoms with Crippen LogP contribution in [0.3, 0.4) is 0 Å². The highest BCUT2D eigenvalue weighted by Gasteiger charge is 1.96. The van der Waals surface area contributed by atoms with Crippen LogP contribution in [0.2, 0.25) is 0 Å². The van der Waals surface area contributed by atoms with Crippen molar-refractivity contribution in [2.24, 2.45) is 5.92 Å². The first-order valence-electron chi connectivity index (χ1n) is 6.58. The van der Waals surface area contributed by atoms with Crippen molar-refractivity contribution in [3.8, 4) is 0 Å². The molecule has 0 aliphatic heterocycles. The Balaban J connectivity index is 2.29. The predicted octanol–water partition coefficient (Wildman–Crippen LogP) is 3.36. The summed E-state index contributed by atoms with van der Waals surface area (Å²) >= 11 is 0. The molecule has 0 spiro atoms. The van der Waals surface area contributed by atoms with Gasteiger partial charge in [-0.05, 0) is 30.0 Å². The molecule has 0 aliphatic rings. The molecular weight excluding hydrogens is 210 g/mol. The fourth-order valence-electron chi connectivity index (χ4n) is 1.59. The van der Waals surface area contributed by atoms with Gasteiger partial charge in [-0.1, -0.05) is 45.0 Å². The molecule has 17 heavy (non-hydrogen) atoms. The SMILES string of the molecule is CCCOCc1ccc(CNCC(C)C)cc1. The van der Waals surface area contributed by atoms with E-state index in [1.807, 2.05) is 0 Å². The number of rotatable bonds is 8. The summed E-state index contributed by atoms with van der Waals surface area (Å²) < 4.78 is 5.51. The predicted molar refractivity (Wildman–Crippen MR) is 72.9 cm³/mol. The van der Waals surface area contributed by atoms with Gasteiger partial charge in [-0.25, -0.2) is 0 Å². The smallest absolute Gasteiger partial charge is 0.0716 e. The highest BCUT2D eigenvalue weighted by atomic mass is 16.5. The van der Waals surface area contributed by atoms with Crippen LogP contribution in [0.4, 0.5) is 0 Å². The lowest BCUT2D eigenvalue weighted by molar-refractivity contribution is 0.121. The number of ether oxygens (including phenoxy) is 1. The summed E-state index contributed by atoms with van der Waals surface area (Å²) in [6.07, 6.45) is 1.08. The molecule has 0 heterocycles. The molecule has 0 aromatic heterocycles. The molecule has 1 N–H and O–H groups in total. The van der Waals surface area contributed by atoms with Crippen molar-refractivity contribution in [3.05, 3.63) is 35.4 Å². The maximum Gasteiger partial charge on any atom is 0.0716 e. The Kier molecular flexibility index (Phi) is 6.90. The summed E-state index contributed by atoms with van der Waals surface area (Å²) in [5.74, 6) is 0.705. The molecule has 2 nitrogen and oxygen atoms in total. The van der Waals surface area contributed by atoms with Crippen LogP contribution in [-0.4, -0.2) is 13.2 Å². The zero-order valence-corrected chi connectivity index (χ0v) is 11.3. The van der Waals surface area contributed by atoms with Crippen molar-refractivity contribution >= 4 is 0 Å². The molecule has 0 fully saturated rings. The van der Waals surface area contributed by atoms with Gasteiger partial charge in [0.05, 0.1) is 6.61 Å². The van der Waals surface area contributed by atoms with Gasteiger partial charge in [0.25, 0.3) is 0 Å². The third kappa shape index (κ3) is 6.44. The first kappa shape index (κ1) is 14.2. The Hall–Kier alpha value is -0.860. The Labute approximate surface area is 105 Å². The Morgan fingerprint density at radius 3 is 2.35 bits per heavy atom. The van der Waals surface area contributed by atoms with Gasteiger partial charge in [0.2, 0.25) is 0 Å². The molecule has 0 amide bonds. The third-order valence-electron chi connectivity index (χ3n) is 2.52. The van der Waals surface area contributed by atoms with Gasteiger partial charge in [0, 0.05) is 13.2 Å². The van der Waals surface area contributed by atoms with E-state index in [0.717, 1.165) is 32.7 Å². The van der Waals surface area contributed by atoms with Crippen molar-refractivity contribution in [2.45, 2.75) is 40.3 Å². The third-order valence-corrected chi connectivity index (χ3v) is 2.52. The molecule has 0 atom stereocenters. The largest absolute Gasteiger partial charge is 0.377 e. The molecule has 0 saturated heterocycles. The average molecular weight is 235 g/mol. The quantitative estimate of drug-likeness (QED) is 0.698. The molecule has 1 aromatic rings. The van der Waals surface area contributed by atoms with Crippen LogP contribution in [0, 0.1) is 5.92 Å². The standard InChI is InChI=1S/C15H25NO/c1-4-9-17-12-15-7-5-14(6-8-15)11-16-10-13(2)3/h5-8,13,16H,4,9-12H2,1-3H3. The minimum Gasteiger partial charge on any atom is -0.377 e. The minimum absolute atomic E-state index is 0.705. The molecule has 96 valence electrons. The van der Waals surface area contributed by atoms with E-state index in [4.69, 9.17) is 4.74 Å². The molecule has 0 saturated carbocycles. The van der Waals surface area contributed by atoms with E-state index in [-0.39, 0.29) is 0 Å². The lowest BCUT2D eigenvalue weighted by Gasteiger charge is -2.08. The van der Waals surface area contributed by atoms with E-state index >= 15 is 0 Å². The zero-order chi connectivity index (χ0) is 12.5. The number of benzene rings is 1. The first-order chi connectivity index (χ1) is 8.22. The van der Waals surface area contributed by atoms with Crippen molar-refractivity contribution < 1.29 is 4.74 Å². The van der Waals surface area contributed by atoms with Crippen molar-refractivity contribution in [3.63, 3.8) is 0 Å². The van der Waals surface area contributed by atoms with E-state index in [1.165, 1.54) is 11.1 Å². The second-order valence-electron chi connectivity index (χ2n) is 4.89. The van der Waals surface area contributed by atoms with Crippen LogP contribution in [0.5, 0.6) is 0 Å². The van der Waals surface area contributed by atoms with Crippen LogP contribution >= 0.6 is 0 Å². The van der Waals surface area contributed by atoms with Gasteiger partial charge in [-0.15, -0.1) is 0 Å². The van der Waals surface area contributed by atoms with Gasteiger partial charge < -0.3 is 10.1 Å². The van der Waals surface area contributed by atoms with Crippen LogP contribution < -0.4 is 5.32 Å². The van der Waals surface area contributed by atoms with Crippen LogP contribution in [0.15, 0.2) is 24.3 Å². The molecule has 0 unspecified atom stereocenters. The topological polar surface area (TPSA) is 21.3 Å². The molecule has 2 heteroatoms. The molecule has 0 aliphatic carbocycles. The van der Waals surface area contributed by atoms with E-state index < -0.39 is 0 Å². The Morgan fingerprint density at radius 2 is 1.76 bits per heavy atom. The summed E-state index contributed by atoms with van der Waals surface area (Å²) in [7, 11) is 0. The fraction of sp³-hybridized carbons (Fsp3) is 0.600. The number of hydrogen-bond acceptors (Lipinski definition) is 2. The lowest BCUT2D eigenvalue weighted by Crippen LogP contribution is -2.18. The van der Waals surface area contributed by atoms with Gasteiger partial charge in [0.15, 0.2) is 0 Å². The monoisotopic (exact) mass is 235 g/mol. The Morgan fingerprint density at radius 1 is 1.12 bits per heavy atom. The fourth-order valence-corrected chi connectivity index (χ4v) is 1.59. The van der Waals surface area contributed by atoms with Crippen LogP contribution in [0.25, 0.3) is 0 Å². The summed E-state index contributed by atoms with van der Waals surface area (Å²) in [4.78, 5) is 0. The molecule has 0 bridgehead atoms. The van der Waals surface area contributed by atoms with E-state index in [1.54, 1.807) is 0 Å². The summed E-state index contributed by atoms with van der Waals surface area (Å²) in [6, 6.07) is 8.67. The van der Waals surface area contributed by atoms with E-state index in [2.05, 4.69) is 50.4 Å². The average Bonchev–Trinajstić information content (AvgIpc) is 2.31. The van der Waals surface area contributed by atoms with Gasteiger partial charge in [-0.2, -0.15) is 0 Å². The molecule has 0 radical (unpaired) electrons. The summed E-state index contributed by atoms with van der Waals surface area (Å²) in [5, 5.41) is 3.44. The van der Waals surface area contributed by atoms with Crippen molar-refractivity contribution in [1.82, 2.24) is 5.32 Å². The lowest BCUT2D eigenvalue weighted by atomic mass is 10.1. The van der Waals surface area contributed by atoms with Crippen LogP contribution in [-0.2, 0) is 17.9 Å². The number of hydrogen-bond donors (Lipinski definition) is 1. The van der Waals surface area contributed by atoms with Gasteiger partial charge in [-0.3, -0.25) is 0 Å². The van der Waals surface area contributed by atoms with Crippen LogP contribution in [0.1, 0.15) is 38.3 Å². The summed E-state index contributed by atoms with van der Waals surface area (Å²) in [6.45, 7) is 10.2. The zero-order valence-electron chi connectivity index (χ0n) is 11.3. The molecular formula is C15H25NO. The van der Waals surface area contributed by atoms with Gasteiger partial charge >= 0.3 is 0 Å². The van der Waals surface area contributed by atoms with Crippen molar-refractivity contribution in [1.29, 1.82) is 0 Å².